The number of thioether (sulfide) groups is 1. The van der Waals surface area contributed by atoms with Crippen LogP contribution in [-0.4, -0.2) is 27.7 Å². The first kappa shape index (κ1) is 20.5. The molecule has 2 aliphatic carbocycles. The number of nitrogens with zero attached hydrogens (tertiary/aromatic N) is 2. The summed E-state index contributed by atoms with van der Waals surface area (Å²) >= 11 is 6.76. The Balaban J connectivity index is 1.47. The van der Waals surface area contributed by atoms with Gasteiger partial charge in [-0.15, -0.1) is 0 Å². The molecule has 1 heterocycles. The summed E-state index contributed by atoms with van der Waals surface area (Å²) in [4.78, 5) is 20.1. The number of hydrogen-bond donors (Lipinski definition) is 1. The molecule has 1 aromatic carbocycles. The maximum atomic E-state index is 13.3. The van der Waals surface area contributed by atoms with Gasteiger partial charge in [-0.1, -0.05) is 41.9 Å². The van der Waals surface area contributed by atoms with Gasteiger partial charge in [0.15, 0.2) is 5.16 Å². The first-order chi connectivity index (χ1) is 13.8. The van der Waals surface area contributed by atoms with Gasteiger partial charge in [0.2, 0.25) is 5.91 Å². The Morgan fingerprint density at radius 2 is 1.93 bits per heavy atom. The highest BCUT2D eigenvalue weighted by molar-refractivity contribution is 7.99. The number of amides is 1. The lowest BCUT2D eigenvalue weighted by molar-refractivity contribution is -0.141. The van der Waals surface area contributed by atoms with E-state index in [1.54, 1.807) is 24.3 Å². The molecule has 1 amide bonds. The maximum Gasteiger partial charge on any atom is 0.433 e. The highest BCUT2D eigenvalue weighted by Gasteiger charge is 2.40. The number of alkyl halides is 3. The number of carbonyl (C=O) groups is 1. The molecule has 0 unspecified atom stereocenters. The van der Waals surface area contributed by atoms with Gasteiger partial charge in [0.1, 0.15) is 5.69 Å². The molecule has 9 heteroatoms. The molecule has 2 bridgehead atoms. The average Bonchev–Trinajstić information content (AvgIpc) is 3.29. The molecule has 4 nitrogen and oxygen atoms in total. The van der Waals surface area contributed by atoms with Gasteiger partial charge in [-0.05, 0) is 49.3 Å². The lowest BCUT2D eigenvalue weighted by Gasteiger charge is -2.22. The van der Waals surface area contributed by atoms with Crippen molar-refractivity contribution in [3.8, 4) is 11.3 Å². The van der Waals surface area contributed by atoms with Crippen molar-refractivity contribution in [3.63, 3.8) is 0 Å². The van der Waals surface area contributed by atoms with E-state index in [-0.39, 0.29) is 28.6 Å². The highest BCUT2D eigenvalue weighted by atomic mass is 35.5. The molecule has 2 aromatic rings. The van der Waals surface area contributed by atoms with Crippen molar-refractivity contribution in [2.24, 2.45) is 11.8 Å². The van der Waals surface area contributed by atoms with Crippen molar-refractivity contribution in [3.05, 3.63) is 41.0 Å². The Labute approximate surface area is 175 Å². The summed E-state index contributed by atoms with van der Waals surface area (Å²) in [6.07, 6.45) is -0.0623. The fraction of sp³-hybridized carbons (Fsp3) is 0.450. The molecule has 2 saturated carbocycles. The zero-order valence-corrected chi connectivity index (χ0v) is 16.9. The van der Waals surface area contributed by atoms with Gasteiger partial charge in [-0.3, -0.25) is 4.79 Å². The van der Waals surface area contributed by atoms with Gasteiger partial charge in [-0.25, -0.2) is 9.97 Å². The van der Waals surface area contributed by atoms with Crippen molar-refractivity contribution in [1.82, 2.24) is 15.3 Å². The second kappa shape index (κ2) is 8.14. The van der Waals surface area contributed by atoms with E-state index < -0.39 is 11.9 Å². The standard InChI is InChI=1S/C20H19ClF3N3OS/c21-14-5-3-12(4-6-14)16-9-17(20(22,23)24)27-19(26-16)29-10-18(28)25-15-8-11-1-2-13(15)7-11/h3-6,9,11,13,15H,1-2,7-8,10H2,(H,25,28)/t11-,13-,15+/m0/s1. The molecule has 154 valence electrons. The van der Waals surface area contributed by atoms with Crippen molar-refractivity contribution < 1.29 is 18.0 Å². The first-order valence-corrected chi connectivity index (χ1v) is 10.8. The molecule has 0 radical (unpaired) electrons. The molecule has 0 aliphatic heterocycles. The molecule has 1 N–H and O–H groups in total. The monoisotopic (exact) mass is 441 g/mol. The summed E-state index contributed by atoms with van der Waals surface area (Å²) < 4.78 is 39.9. The molecular weight excluding hydrogens is 423 g/mol. The largest absolute Gasteiger partial charge is 0.433 e. The lowest BCUT2D eigenvalue weighted by atomic mass is 9.95. The predicted molar refractivity (Wildman–Crippen MR) is 106 cm³/mol. The molecule has 0 saturated heterocycles. The third kappa shape index (κ3) is 4.86. The normalized spacial score (nSPS) is 23.4. The Morgan fingerprint density at radius 1 is 1.17 bits per heavy atom. The fourth-order valence-electron chi connectivity index (χ4n) is 4.20. The summed E-state index contributed by atoms with van der Waals surface area (Å²) in [7, 11) is 0. The van der Waals surface area contributed by atoms with Crippen LogP contribution in [0.15, 0.2) is 35.5 Å². The van der Waals surface area contributed by atoms with Crippen LogP contribution in [0.3, 0.4) is 0 Å². The van der Waals surface area contributed by atoms with E-state index in [4.69, 9.17) is 11.6 Å². The fourth-order valence-corrected chi connectivity index (χ4v) is 5.00. The highest BCUT2D eigenvalue weighted by Crippen LogP contribution is 2.44. The number of halogens is 4. The van der Waals surface area contributed by atoms with Crippen LogP contribution < -0.4 is 5.32 Å². The van der Waals surface area contributed by atoms with Crippen LogP contribution in [0.2, 0.25) is 5.02 Å². The quantitative estimate of drug-likeness (QED) is 0.511. The number of fused-ring (bicyclic) bond motifs is 2. The van der Waals surface area contributed by atoms with Crippen LogP contribution in [0.5, 0.6) is 0 Å². The van der Waals surface area contributed by atoms with Crippen LogP contribution >= 0.6 is 23.4 Å². The van der Waals surface area contributed by atoms with Gasteiger partial charge in [0, 0.05) is 16.6 Å². The molecule has 1 aromatic heterocycles. The van der Waals surface area contributed by atoms with E-state index >= 15 is 0 Å². The van der Waals surface area contributed by atoms with Crippen molar-refractivity contribution in [2.75, 3.05) is 5.75 Å². The number of aromatic nitrogens is 2. The smallest absolute Gasteiger partial charge is 0.352 e. The van der Waals surface area contributed by atoms with Gasteiger partial charge in [-0.2, -0.15) is 13.2 Å². The topological polar surface area (TPSA) is 54.9 Å². The van der Waals surface area contributed by atoms with Crippen LogP contribution in [0, 0.1) is 11.8 Å². The molecule has 29 heavy (non-hydrogen) atoms. The summed E-state index contributed by atoms with van der Waals surface area (Å²) in [5.41, 5.74) is -0.399. The summed E-state index contributed by atoms with van der Waals surface area (Å²) in [6.45, 7) is 0. The van der Waals surface area contributed by atoms with Crippen LogP contribution in [0.1, 0.15) is 31.4 Å². The zero-order valence-electron chi connectivity index (χ0n) is 15.4. The van der Waals surface area contributed by atoms with Crippen molar-refractivity contribution in [1.29, 1.82) is 0 Å². The number of hydrogen-bond acceptors (Lipinski definition) is 4. The molecule has 3 atom stereocenters. The molecular formula is C20H19ClF3N3OS. The molecule has 2 fully saturated rings. The SMILES string of the molecule is O=C(CSc1nc(-c2ccc(Cl)cc2)cc(C(F)(F)F)n1)N[C@@H]1C[C@H]2CC[C@H]1C2. The van der Waals surface area contributed by atoms with E-state index in [9.17, 15) is 18.0 Å². The summed E-state index contributed by atoms with van der Waals surface area (Å²) in [5.74, 6) is 1.03. The second-order valence-electron chi connectivity index (χ2n) is 7.56. The minimum Gasteiger partial charge on any atom is -0.352 e. The molecule has 4 rings (SSSR count). The predicted octanol–water partition coefficient (Wildman–Crippen LogP) is 5.21. The Hall–Kier alpha value is -1.80. The van der Waals surface area contributed by atoms with E-state index in [2.05, 4.69) is 15.3 Å². The average molecular weight is 442 g/mol. The molecule has 2 aliphatic rings. The van der Waals surface area contributed by atoms with E-state index in [0.29, 0.717) is 22.4 Å². The van der Waals surface area contributed by atoms with Gasteiger partial charge >= 0.3 is 6.18 Å². The Morgan fingerprint density at radius 3 is 2.55 bits per heavy atom. The van der Waals surface area contributed by atoms with Crippen LogP contribution in [-0.2, 0) is 11.0 Å². The van der Waals surface area contributed by atoms with Gasteiger partial charge in [0.25, 0.3) is 0 Å². The van der Waals surface area contributed by atoms with E-state index in [0.717, 1.165) is 30.7 Å². The first-order valence-electron chi connectivity index (χ1n) is 9.42. The second-order valence-corrected chi connectivity index (χ2v) is 8.94. The number of nitrogens with one attached hydrogen (secondary N) is 1. The van der Waals surface area contributed by atoms with Crippen molar-refractivity contribution in [2.45, 2.75) is 43.1 Å². The minimum atomic E-state index is -4.61. The van der Waals surface area contributed by atoms with Crippen LogP contribution in [0.4, 0.5) is 13.2 Å². The van der Waals surface area contributed by atoms with Gasteiger partial charge in [0.05, 0.1) is 11.4 Å². The summed E-state index contributed by atoms with van der Waals surface area (Å²) in [6, 6.07) is 7.46. The van der Waals surface area contributed by atoms with E-state index in [1.807, 2.05) is 0 Å². The third-order valence-corrected chi connectivity index (χ3v) is 6.65. The van der Waals surface area contributed by atoms with Gasteiger partial charge < -0.3 is 5.32 Å². The van der Waals surface area contributed by atoms with E-state index in [1.165, 1.54) is 12.8 Å². The van der Waals surface area contributed by atoms with Crippen molar-refractivity contribution >= 4 is 29.3 Å². The maximum absolute atomic E-state index is 13.3. The Bertz CT molecular complexity index is 907. The lowest BCUT2D eigenvalue weighted by Crippen LogP contribution is -2.39. The van der Waals surface area contributed by atoms with Crippen LogP contribution in [0.25, 0.3) is 11.3 Å². The molecule has 0 spiro atoms. The minimum absolute atomic E-state index is 0.0186. The number of rotatable bonds is 5. The third-order valence-electron chi connectivity index (χ3n) is 5.55. The number of carbonyl (C=O) groups excluding carboxylic acids is 1. The zero-order chi connectivity index (χ0) is 20.6. The number of benzene rings is 1. The summed E-state index contributed by atoms with van der Waals surface area (Å²) in [5, 5.41) is 3.43. The Kier molecular flexibility index (Phi) is 5.75.